The minimum atomic E-state index is 0.191. The van der Waals surface area contributed by atoms with Gasteiger partial charge in [-0.25, -0.2) is 0 Å². The predicted molar refractivity (Wildman–Crippen MR) is 55.5 cm³/mol. The minimum absolute atomic E-state index is 0.191. The molecule has 0 fully saturated rings. The van der Waals surface area contributed by atoms with Crippen molar-refractivity contribution in [3.05, 3.63) is 20.8 Å². The minimum Gasteiger partial charge on any atom is -0.395 e. The third-order valence-electron chi connectivity index (χ3n) is 1.58. The molecule has 0 saturated heterocycles. The smallest absolute Gasteiger partial charge is 0.0701 e. The molecule has 1 atom stereocenters. The first kappa shape index (κ1) is 10.2. The van der Waals surface area contributed by atoms with E-state index < -0.39 is 0 Å². The maximum absolute atomic E-state index is 8.60. The fourth-order valence-electron chi connectivity index (χ4n) is 0.943. The van der Waals surface area contributed by atoms with Gasteiger partial charge in [-0.2, -0.15) is 0 Å². The van der Waals surface area contributed by atoms with Crippen LogP contribution in [0.4, 0.5) is 0 Å². The third kappa shape index (κ3) is 2.86. The molecule has 1 aromatic heterocycles. The Morgan fingerprint density at radius 3 is 2.92 bits per heavy atom. The summed E-state index contributed by atoms with van der Waals surface area (Å²) in [4.78, 5) is 1.29. The summed E-state index contributed by atoms with van der Waals surface area (Å²) < 4.78 is 1.15. The van der Waals surface area contributed by atoms with E-state index in [2.05, 4.69) is 34.2 Å². The van der Waals surface area contributed by atoms with E-state index in [4.69, 9.17) is 5.11 Å². The molecule has 2 N–H and O–H groups in total. The Labute approximate surface area is 84.7 Å². The van der Waals surface area contributed by atoms with Gasteiger partial charge >= 0.3 is 0 Å². The lowest BCUT2D eigenvalue weighted by atomic mass is 10.3. The van der Waals surface area contributed by atoms with Crippen molar-refractivity contribution < 1.29 is 5.11 Å². The van der Waals surface area contributed by atoms with E-state index in [1.54, 1.807) is 11.3 Å². The zero-order chi connectivity index (χ0) is 8.97. The number of halogens is 1. The van der Waals surface area contributed by atoms with Crippen LogP contribution in [0.2, 0.25) is 0 Å². The fourth-order valence-corrected chi connectivity index (χ4v) is 2.39. The topological polar surface area (TPSA) is 32.3 Å². The molecule has 0 radical (unpaired) electrons. The second kappa shape index (κ2) is 4.97. The van der Waals surface area contributed by atoms with Crippen molar-refractivity contribution in [3.8, 4) is 0 Å². The number of thiophene rings is 1. The molecule has 4 heteroatoms. The standard InChI is InChI=1S/C8H12BrNOS/c1-6(10-4-5-11)7-2-3-8(9)12-7/h2-3,6,10-11H,4-5H2,1H3/t6-/m0/s1. The average molecular weight is 250 g/mol. The van der Waals surface area contributed by atoms with Gasteiger partial charge in [0.1, 0.15) is 0 Å². The Hall–Kier alpha value is 0.1000. The lowest BCUT2D eigenvalue weighted by Gasteiger charge is -2.09. The molecule has 0 spiro atoms. The summed E-state index contributed by atoms with van der Waals surface area (Å²) >= 11 is 5.13. The molecule has 1 rings (SSSR count). The van der Waals surface area contributed by atoms with Crippen molar-refractivity contribution in [2.45, 2.75) is 13.0 Å². The summed E-state index contributed by atoms with van der Waals surface area (Å²) in [6.07, 6.45) is 0. The number of nitrogens with one attached hydrogen (secondary N) is 1. The van der Waals surface area contributed by atoms with Gasteiger partial charge < -0.3 is 10.4 Å². The highest BCUT2D eigenvalue weighted by Gasteiger charge is 2.05. The van der Waals surface area contributed by atoms with Gasteiger partial charge in [-0.05, 0) is 35.0 Å². The van der Waals surface area contributed by atoms with Crippen LogP contribution in [0.1, 0.15) is 17.8 Å². The van der Waals surface area contributed by atoms with Crippen molar-refractivity contribution in [3.63, 3.8) is 0 Å². The predicted octanol–water partition coefficient (Wildman–Crippen LogP) is 2.15. The maximum atomic E-state index is 8.60. The van der Waals surface area contributed by atoms with Crippen molar-refractivity contribution in [1.29, 1.82) is 0 Å². The van der Waals surface area contributed by atoms with Crippen LogP contribution >= 0.6 is 27.3 Å². The third-order valence-corrected chi connectivity index (χ3v) is 3.39. The molecule has 1 heterocycles. The summed E-state index contributed by atoms with van der Waals surface area (Å²) in [5.74, 6) is 0. The molecule has 2 nitrogen and oxygen atoms in total. The quantitative estimate of drug-likeness (QED) is 0.858. The molecular formula is C8H12BrNOS. The number of aliphatic hydroxyl groups excluding tert-OH is 1. The van der Waals surface area contributed by atoms with Gasteiger partial charge in [-0.1, -0.05) is 0 Å². The van der Waals surface area contributed by atoms with Gasteiger partial charge in [0.05, 0.1) is 10.4 Å². The van der Waals surface area contributed by atoms with Gasteiger partial charge in [0.25, 0.3) is 0 Å². The van der Waals surface area contributed by atoms with Crippen molar-refractivity contribution in [2.75, 3.05) is 13.2 Å². The van der Waals surface area contributed by atoms with Gasteiger partial charge in [0.15, 0.2) is 0 Å². The van der Waals surface area contributed by atoms with Crippen molar-refractivity contribution >= 4 is 27.3 Å². The first-order chi connectivity index (χ1) is 5.74. The molecule has 0 aliphatic heterocycles. The monoisotopic (exact) mass is 249 g/mol. The SMILES string of the molecule is C[C@H](NCCO)c1ccc(Br)s1. The van der Waals surface area contributed by atoms with Crippen molar-refractivity contribution in [1.82, 2.24) is 5.32 Å². The number of aliphatic hydroxyl groups is 1. The Bertz CT molecular complexity index is 239. The summed E-state index contributed by atoms with van der Waals surface area (Å²) in [6, 6.07) is 4.45. The van der Waals surface area contributed by atoms with E-state index in [1.807, 2.05) is 6.07 Å². The van der Waals surface area contributed by atoms with Crippen LogP contribution in [0.5, 0.6) is 0 Å². The summed E-state index contributed by atoms with van der Waals surface area (Å²) in [5, 5.41) is 11.8. The molecular weight excluding hydrogens is 238 g/mol. The zero-order valence-corrected chi connectivity index (χ0v) is 9.28. The van der Waals surface area contributed by atoms with Crippen molar-refractivity contribution in [2.24, 2.45) is 0 Å². The molecule has 0 aliphatic rings. The van der Waals surface area contributed by atoms with Crippen LogP contribution in [0.15, 0.2) is 15.9 Å². The lowest BCUT2D eigenvalue weighted by molar-refractivity contribution is 0.286. The van der Waals surface area contributed by atoms with Crippen LogP contribution in [0, 0.1) is 0 Å². The second-order valence-corrected chi connectivity index (χ2v) is 5.04. The van der Waals surface area contributed by atoms with E-state index in [1.165, 1.54) is 4.88 Å². The van der Waals surface area contributed by atoms with E-state index >= 15 is 0 Å². The van der Waals surface area contributed by atoms with Crippen LogP contribution < -0.4 is 5.32 Å². The van der Waals surface area contributed by atoms with Gasteiger partial charge in [0, 0.05) is 17.5 Å². The summed E-state index contributed by atoms with van der Waals surface area (Å²) in [6.45, 7) is 2.93. The summed E-state index contributed by atoms with van der Waals surface area (Å²) in [7, 11) is 0. The Morgan fingerprint density at radius 2 is 2.42 bits per heavy atom. The first-order valence-electron chi connectivity index (χ1n) is 3.83. The van der Waals surface area contributed by atoms with E-state index in [0.29, 0.717) is 12.6 Å². The highest BCUT2D eigenvalue weighted by atomic mass is 79.9. The molecule has 68 valence electrons. The number of rotatable bonds is 4. The maximum Gasteiger partial charge on any atom is 0.0701 e. The van der Waals surface area contributed by atoms with Gasteiger partial charge in [0.2, 0.25) is 0 Å². The lowest BCUT2D eigenvalue weighted by Crippen LogP contribution is -2.21. The highest BCUT2D eigenvalue weighted by Crippen LogP contribution is 2.26. The molecule has 0 unspecified atom stereocenters. The summed E-state index contributed by atoms with van der Waals surface area (Å²) in [5.41, 5.74) is 0. The van der Waals surface area contributed by atoms with Gasteiger partial charge in [-0.15, -0.1) is 11.3 Å². The van der Waals surface area contributed by atoms with Crippen LogP contribution in [0.25, 0.3) is 0 Å². The number of hydrogen-bond acceptors (Lipinski definition) is 3. The molecule has 1 aromatic rings. The molecule has 0 aromatic carbocycles. The fraction of sp³-hybridized carbons (Fsp3) is 0.500. The molecule has 12 heavy (non-hydrogen) atoms. The van der Waals surface area contributed by atoms with Crippen LogP contribution in [0.3, 0.4) is 0 Å². The van der Waals surface area contributed by atoms with Crippen LogP contribution in [-0.2, 0) is 0 Å². The van der Waals surface area contributed by atoms with E-state index in [0.717, 1.165) is 3.79 Å². The van der Waals surface area contributed by atoms with E-state index in [9.17, 15) is 0 Å². The molecule has 0 saturated carbocycles. The normalized spacial score (nSPS) is 13.2. The highest BCUT2D eigenvalue weighted by molar-refractivity contribution is 9.11. The van der Waals surface area contributed by atoms with Crippen LogP contribution in [-0.4, -0.2) is 18.3 Å². The molecule has 0 bridgehead atoms. The zero-order valence-electron chi connectivity index (χ0n) is 6.88. The van der Waals surface area contributed by atoms with E-state index in [-0.39, 0.29) is 6.61 Å². The van der Waals surface area contributed by atoms with Gasteiger partial charge in [-0.3, -0.25) is 0 Å². The first-order valence-corrected chi connectivity index (χ1v) is 5.44. The Kier molecular flexibility index (Phi) is 4.21. The molecule has 0 aliphatic carbocycles. The number of hydrogen-bond donors (Lipinski definition) is 2. The largest absolute Gasteiger partial charge is 0.395 e. The Balaban J connectivity index is 2.47. The molecule has 0 amide bonds. The Morgan fingerprint density at radius 1 is 1.67 bits per heavy atom. The average Bonchev–Trinajstić information content (AvgIpc) is 2.47. The second-order valence-electron chi connectivity index (χ2n) is 2.54.